The predicted molar refractivity (Wildman–Crippen MR) is 78.7 cm³/mol. The molecule has 0 saturated carbocycles. The number of hydrogen-bond donors (Lipinski definition) is 1. The summed E-state index contributed by atoms with van der Waals surface area (Å²) in [6.45, 7) is 6.86. The Morgan fingerprint density at radius 1 is 1.30 bits per heavy atom. The molecule has 1 atom stereocenters. The summed E-state index contributed by atoms with van der Waals surface area (Å²) in [5.41, 5.74) is 0.790. The van der Waals surface area contributed by atoms with Crippen molar-refractivity contribution in [2.24, 2.45) is 5.92 Å². The molecule has 1 N–H and O–H groups in total. The van der Waals surface area contributed by atoms with E-state index in [1.165, 1.54) is 32.4 Å². The fourth-order valence-electron chi connectivity index (χ4n) is 2.80. The molecule has 0 radical (unpaired) electrons. The number of fused-ring (bicyclic) bond motifs is 1. The molecule has 6 nitrogen and oxygen atoms in total. The number of piperidine rings is 1. The third-order valence-corrected chi connectivity index (χ3v) is 3.85. The van der Waals surface area contributed by atoms with E-state index in [-0.39, 0.29) is 0 Å². The first-order valence-corrected chi connectivity index (χ1v) is 7.43. The Hall–Kier alpha value is -1.69. The molecule has 0 aliphatic carbocycles. The van der Waals surface area contributed by atoms with Crippen molar-refractivity contribution in [3.63, 3.8) is 0 Å². The van der Waals surface area contributed by atoms with E-state index in [0.29, 0.717) is 5.92 Å². The molecule has 3 heterocycles. The number of rotatable bonds is 5. The average Bonchev–Trinajstić information content (AvgIpc) is 2.95. The van der Waals surface area contributed by atoms with E-state index in [0.717, 1.165) is 24.6 Å². The lowest BCUT2D eigenvalue weighted by Crippen LogP contribution is -2.35. The van der Waals surface area contributed by atoms with E-state index >= 15 is 0 Å². The molecule has 1 fully saturated rings. The van der Waals surface area contributed by atoms with Gasteiger partial charge in [-0.3, -0.25) is 4.40 Å². The third-order valence-electron chi connectivity index (χ3n) is 3.85. The maximum Gasteiger partial charge on any atom is 0.203 e. The summed E-state index contributed by atoms with van der Waals surface area (Å²) in [6.07, 6.45) is 9.41. The molecule has 1 aliphatic rings. The van der Waals surface area contributed by atoms with Crippen LogP contribution in [0.3, 0.4) is 0 Å². The first-order chi connectivity index (χ1) is 9.83. The van der Waals surface area contributed by atoms with Gasteiger partial charge in [0, 0.05) is 25.5 Å². The van der Waals surface area contributed by atoms with Gasteiger partial charge < -0.3 is 10.2 Å². The van der Waals surface area contributed by atoms with Gasteiger partial charge in [-0.1, -0.05) is 13.3 Å². The summed E-state index contributed by atoms with van der Waals surface area (Å²) in [4.78, 5) is 6.92. The molecule has 2 aromatic rings. The Morgan fingerprint density at radius 3 is 3.00 bits per heavy atom. The molecule has 20 heavy (non-hydrogen) atoms. The quantitative estimate of drug-likeness (QED) is 0.898. The highest BCUT2D eigenvalue weighted by molar-refractivity contribution is 5.61. The number of hydrogen-bond acceptors (Lipinski definition) is 5. The summed E-state index contributed by atoms with van der Waals surface area (Å²) in [6, 6.07) is 0. The third kappa shape index (κ3) is 3.07. The zero-order valence-corrected chi connectivity index (χ0v) is 12.0. The van der Waals surface area contributed by atoms with Crippen LogP contribution >= 0.6 is 0 Å². The van der Waals surface area contributed by atoms with Crippen LogP contribution in [0.25, 0.3) is 5.65 Å². The Kier molecular flexibility index (Phi) is 4.11. The van der Waals surface area contributed by atoms with Crippen LogP contribution in [0.4, 0.5) is 5.82 Å². The van der Waals surface area contributed by atoms with Crippen LogP contribution in [-0.4, -0.2) is 50.7 Å². The van der Waals surface area contributed by atoms with Gasteiger partial charge in [0.15, 0.2) is 5.82 Å². The highest BCUT2D eigenvalue weighted by Crippen LogP contribution is 2.13. The van der Waals surface area contributed by atoms with Crippen molar-refractivity contribution in [3.8, 4) is 0 Å². The Balaban J connectivity index is 1.54. The zero-order chi connectivity index (χ0) is 13.8. The van der Waals surface area contributed by atoms with Gasteiger partial charge in [0.1, 0.15) is 6.33 Å². The molecule has 2 aromatic heterocycles. The highest BCUT2D eigenvalue weighted by atomic mass is 15.2. The second-order valence-electron chi connectivity index (χ2n) is 5.69. The van der Waals surface area contributed by atoms with Crippen molar-refractivity contribution >= 4 is 11.5 Å². The van der Waals surface area contributed by atoms with E-state index in [4.69, 9.17) is 0 Å². The minimum Gasteiger partial charge on any atom is -0.367 e. The standard InChI is InChI=1S/C14H22N6/c1-12(10-19-6-3-2-4-7-19)9-16-13-14-18-17-11-20(14)8-5-15-13/h5,8,11-12H,2-4,6-7,9-10H2,1H3,(H,15,16). The maximum atomic E-state index is 4.35. The van der Waals surface area contributed by atoms with E-state index in [2.05, 4.69) is 32.3 Å². The molecule has 1 saturated heterocycles. The van der Waals surface area contributed by atoms with Crippen LogP contribution in [0.15, 0.2) is 18.7 Å². The normalized spacial score (nSPS) is 18.2. The van der Waals surface area contributed by atoms with Crippen molar-refractivity contribution in [3.05, 3.63) is 18.7 Å². The molecule has 108 valence electrons. The average molecular weight is 274 g/mol. The Morgan fingerprint density at radius 2 is 2.15 bits per heavy atom. The number of nitrogens with zero attached hydrogens (tertiary/aromatic N) is 5. The first kappa shape index (κ1) is 13.3. The van der Waals surface area contributed by atoms with Crippen molar-refractivity contribution in [2.45, 2.75) is 26.2 Å². The van der Waals surface area contributed by atoms with Crippen LogP contribution in [-0.2, 0) is 0 Å². The molecule has 0 bridgehead atoms. The minimum atomic E-state index is 0.595. The van der Waals surface area contributed by atoms with Gasteiger partial charge in [0.25, 0.3) is 0 Å². The van der Waals surface area contributed by atoms with Crippen LogP contribution in [0.2, 0.25) is 0 Å². The molecule has 3 rings (SSSR count). The topological polar surface area (TPSA) is 58.4 Å². The molecule has 0 amide bonds. The molecular formula is C14H22N6. The lowest BCUT2D eigenvalue weighted by molar-refractivity contribution is 0.204. The second kappa shape index (κ2) is 6.17. The molecule has 1 aliphatic heterocycles. The summed E-state index contributed by atoms with van der Waals surface area (Å²) in [5.74, 6) is 1.41. The lowest BCUT2D eigenvalue weighted by atomic mass is 10.1. The smallest absolute Gasteiger partial charge is 0.203 e. The molecule has 0 aromatic carbocycles. The highest BCUT2D eigenvalue weighted by Gasteiger charge is 2.14. The van der Waals surface area contributed by atoms with Crippen LogP contribution in [0, 0.1) is 5.92 Å². The predicted octanol–water partition coefficient (Wildman–Crippen LogP) is 1.66. The summed E-state index contributed by atoms with van der Waals surface area (Å²) >= 11 is 0. The van der Waals surface area contributed by atoms with E-state index in [1.807, 2.05) is 10.6 Å². The van der Waals surface area contributed by atoms with Gasteiger partial charge in [-0.2, -0.15) is 0 Å². The largest absolute Gasteiger partial charge is 0.367 e. The fraction of sp³-hybridized carbons (Fsp3) is 0.643. The molecule has 6 heteroatoms. The van der Waals surface area contributed by atoms with Crippen molar-refractivity contribution in [2.75, 3.05) is 31.5 Å². The van der Waals surface area contributed by atoms with E-state index in [1.54, 1.807) is 12.5 Å². The molecule has 1 unspecified atom stereocenters. The maximum absolute atomic E-state index is 4.35. The second-order valence-corrected chi connectivity index (χ2v) is 5.69. The van der Waals surface area contributed by atoms with Crippen molar-refractivity contribution < 1.29 is 0 Å². The number of anilines is 1. The summed E-state index contributed by atoms with van der Waals surface area (Å²) < 4.78 is 1.88. The monoisotopic (exact) mass is 274 g/mol. The van der Waals surface area contributed by atoms with Gasteiger partial charge in [0.2, 0.25) is 5.65 Å². The number of aromatic nitrogens is 4. The van der Waals surface area contributed by atoms with Crippen LogP contribution < -0.4 is 5.32 Å². The Labute approximate surface area is 119 Å². The van der Waals surface area contributed by atoms with Crippen molar-refractivity contribution in [1.82, 2.24) is 24.5 Å². The lowest BCUT2D eigenvalue weighted by Gasteiger charge is -2.29. The van der Waals surface area contributed by atoms with E-state index in [9.17, 15) is 0 Å². The fourth-order valence-corrected chi connectivity index (χ4v) is 2.80. The van der Waals surface area contributed by atoms with Crippen LogP contribution in [0.1, 0.15) is 26.2 Å². The van der Waals surface area contributed by atoms with Gasteiger partial charge in [-0.25, -0.2) is 4.98 Å². The van der Waals surface area contributed by atoms with Crippen LogP contribution in [0.5, 0.6) is 0 Å². The van der Waals surface area contributed by atoms with Gasteiger partial charge in [-0.15, -0.1) is 10.2 Å². The minimum absolute atomic E-state index is 0.595. The summed E-state index contributed by atoms with van der Waals surface area (Å²) in [7, 11) is 0. The SMILES string of the molecule is CC(CNc1nccn2cnnc12)CN1CCCCC1. The number of nitrogens with one attached hydrogen (secondary N) is 1. The number of likely N-dealkylation sites (tertiary alicyclic amines) is 1. The van der Waals surface area contributed by atoms with Gasteiger partial charge in [-0.05, 0) is 31.8 Å². The van der Waals surface area contributed by atoms with Crippen molar-refractivity contribution in [1.29, 1.82) is 0 Å². The Bertz CT molecular complexity index is 545. The molecule has 0 spiro atoms. The molecular weight excluding hydrogens is 252 g/mol. The van der Waals surface area contributed by atoms with Gasteiger partial charge in [0.05, 0.1) is 0 Å². The van der Waals surface area contributed by atoms with E-state index < -0.39 is 0 Å². The van der Waals surface area contributed by atoms with Gasteiger partial charge >= 0.3 is 0 Å². The zero-order valence-electron chi connectivity index (χ0n) is 12.0. The first-order valence-electron chi connectivity index (χ1n) is 7.43. The summed E-state index contributed by atoms with van der Waals surface area (Å²) in [5, 5.41) is 11.4.